The summed E-state index contributed by atoms with van der Waals surface area (Å²) in [5.74, 6) is -0.0158. The van der Waals surface area contributed by atoms with Gasteiger partial charge in [0.05, 0.1) is 0 Å². The van der Waals surface area contributed by atoms with Crippen LogP contribution in [-0.2, 0) is 4.79 Å². The molecule has 0 aromatic heterocycles. The molecule has 76 valence electrons. The maximum absolute atomic E-state index is 10.9. The molecule has 0 heterocycles. The minimum Gasteiger partial charge on any atom is -0.480 e. The number of hydrogen-bond acceptors (Lipinski definition) is 2. The van der Waals surface area contributed by atoms with Gasteiger partial charge in [0.2, 0.25) is 0 Å². The van der Waals surface area contributed by atoms with E-state index in [0.29, 0.717) is 0 Å². The standard InChI is InChI=1S/C10H19NO2/c1-10(2,9(12)13)11(3)7-8-5-4-6-8/h8H,4-7H2,1-3H3,(H,12,13). The average Bonchev–Trinajstić information content (AvgIpc) is 1.95. The van der Waals surface area contributed by atoms with Crippen molar-refractivity contribution in [2.24, 2.45) is 5.92 Å². The van der Waals surface area contributed by atoms with Crippen LogP contribution < -0.4 is 0 Å². The van der Waals surface area contributed by atoms with E-state index in [9.17, 15) is 4.79 Å². The van der Waals surface area contributed by atoms with Crippen molar-refractivity contribution in [3.63, 3.8) is 0 Å². The number of carbonyl (C=O) groups is 1. The monoisotopic (exact) mass is 185 g/mol. The number of nitrogens with zero attached hydrogens (tertiary/aromatic N) is 1. The zero-order valence-corrected chi connectivity index (χ0v) is 8.71. The molecule has 0 saturated heterocycles. The molecule has 0 radical (unpaired) electrons. The zero-order valence-electron chi connectivity index (χ0n) is 8.71. The molecule has 0 aromatic carbocycles. The fourth-order valence-electron chi connectivity index (χ4n) is 1.45. The van der Waals surface area contributed by atoms with Gasteiger partial charge in [-0.3, -0.25) is 9.69 Å². The lowest BCUT2D eigenvalue weighted by molar-refractivity contribution is -0.149. The van der Waals surface area contributed by atoms with Gasteiger partial charge in [-0.2, -0.15) is 0 Å². The van der Waals surface area contributed by atoms with Gasteiger partial charge in [0.1, 0.15) is 5.54 Å². The summed E-state index contributed by atoms with van der Waals surface area (Å²) in [6, 6.07) is 0. The number of rotatable bonds is 4. The SMILES string of the molecule is CN(CC1CCC1)C(C)(C)C(=O)O. The summed E-state index contributed by atoms with van der Waals surface area (Å²) >= 11 is 0. The largest absolute Gasteiger partial charge is 0.480 e. The van der Waals surface area contributed by atoms with Crippen LogP contribution in [-0.4, -0.2) is 35.1 Å². The number of aliphatic carboxylic acids is 1. The van der Waals surface area contributed by atoms with Gasteiger partial charge < -0.3 is 5.11 Å². The highest BCUT2D eigenvalue weighted by molar-refractivity contribution is 5.77. The van der Waals surface area contributed by atoms with E-state index >= 15 is 0 Å². The Hall–Kier alpha value is -0.570. The number of likely N-dealkylation sites (N-methyl/N-ethyl adjacent to an activating group) is 1. The van der Waals surface area contributed by atoms with E-state index in [-0.39, 0.29) is 0 Å². The van der Waals surface area contributed by atoms with E-state index in [1.807, 2.05) is 11.9 Å². The summed E-state index contributed by atoms with van der Waals surface area (Å²) in [4.78, 5) is 12.9. The lowest BCUT2D eigenvalue weighted by atomic mass is 9.84. The summed E-state index contributed by atoms with van der Waals surface area (Å²) < 4.78 is 0. The second-order valence-electron chi connectivity index (χ2n) is 4.54. The highest BCUT2D eigenvalue weighted by atomic mass is 16.4. The number of carboxylic acids is 1. The Labute approximate surface area is 79.7 Å². The predicted octanol–water partition coefficient (Wildman–Crippen LogP) is 1.58. The van der Waals surface area contributed by atoms with Crippen LogP contribution in [0.5, 0.6) is 0 Å². The molecule has 0 aromatic rings. The molecule has 1 N–H and O–H groups in total. The molecule has 0 amide bonds. The van der Waals surface area contributed by atoms with Gasteiger partial charge in [0.15, 0.2) is 0 Å². The Morgan fingerprint density at radius 1 is 1.54 bits per heavy atom. The summed E-state index contributed by atoms with van der Waals surface area (Å²) in [6.45, 7) is 4.43. The molecule has 1 fully saturated rings. The lowest BCUT2D eigenvalue weighted by Gasteiger charge is -2.37. The van der Waals surface area contributed by atoms with E-state index in [2.05, 4.69) is 0 Å². The highest BCUT2D eigenvalue weighted by Crippen LogP contribution is 2.28. The third-order valence-corrected chi connectivity index (χ3v) is 3.23. The topological polar surface area (TPSA) is 40.5 Å². The Bertz CT molecular complexity index is 197. The molecule has 0 atom stereocenters. The molecule has 1 saturated carbocycles. The Morgan fingerprint density at radius 3 is 2.38 bits per heavy atom. The summed E-state index contributed by atoms with van der Waals surface area (Å²) in [5, 5.41) is 8.97. The first-order valence-electron chi connectivity index (χ1n) is 4.89. The van der Waals surface area contributed by atoms with Crippen molar-refractivity contribution >= 4 is 5.97 Å². The first kappa shape index (κ1) is 10.5. The van der Waals surface area contributed by atoms with Crippen LogP contribution in [0, 0.1) is 5.92 Å². The summed E-state index contributed by atoms with van der Waals surface area (Å²) in [7, 11) is 1.90. The van der Waals surface area contributed by atoms with Gasteiger partial charge in [-0.25, -0.2) is 0 Å². The first-order valence-corrected chi connectivity index (χ1v) is 4.89. The Kier molecular flexibility index (Phi) is 2.96. The molecular formula is C10H19NO2. The lowest BCUT2D eigenvalue weighted by Crippen LogP contribution is -2.50. The predicted molar refractivity (Wildman–Crippen MR) is 51.7 cm³/mol. The molecule has 0 bridgehead atoms. The van der Waals surface area contributed by atoms with Crippen LogP contribution in [0.4, 0.5) is 0 Å². The first-order chi connectivity index (χ1) is 5.94. The van der Waals surface area contributed by atoms with Crippen molar-refractivity contribution in [2.45, 2.75) is 38.6 Å². The molecule has 1 rings (SSSR count). The fraction of sp³-hybridized carbons (Fsp3) is 0.900. The molecule has 0 aliphatic heterocycles. The van der Waals surface area contributed by atoms with E-state index < -0.39 is 11.5 Å². The molecule has 3 heteroatoms. The van der Waals surface area contributed by atoms with E-state index in [1.54, 1.807) is 13.8 Å². The van der Waals surface area contributed by atoms with Crippen LogP contribution in [0.25, 0.3) is 0 Å². The third-order valence-electron chi connectivity index (χ3n) is 3.23. The van der Waals surface area contributed by atoms with Gasteiger partial charge in [0.25, 0.3) is 0 Å². The molecule has 1 aliphatic rings. The van der Waals surface area contributed by atoms with Crippen molar-refractivity contribution in [1.82, 2.24) is 4.90 Å². The van der Waals surface area contributed by atoms with Gasteiger partial charge in [0, 0.05) is 6.54 Å². The average molecular weight is 185 g/mol. The zero-order chi connectivity index (χ0) is 10.1. The van der Waals surface area contributed by atoms with Crippen molar-refractivity contribution in [3.8, 4) is 0 Å². The number of carboxylic acid groups (broad SMARTS) is 1. The third kappa shape index (κ3) is 2.21. The van der Waals surface area contributed by atoms with Crippen molar-refractivity contribution in [2.75, 3.05) is 13.6 Å². The molecule has 13 heavy (non-hydrogen) atoms. The van der Waals surface area contributed by atoms with Crippen LogP contribution in [0.15, 0.2) is 0 Å². The smallest absolute Gasteiger partial charge is 0.323 e. The highest BCUT2D eigenvalue weighted by Gasteiger charge is 2.34. The summed E-state index contributed by atoms with van der Waals surface area (Å²) in [5.41, 5.74) is -0.727. The minimum absolute atomic E-state index is 0.726. The molecule has 1 aliphatic carbocycles. The van der Waals surface area contributed by atoms with Crippen LogP contribution >= 0.6 is 0 Å². The van der Waals surface area contributed by atoms with Gasteiger partial charge in [-0.05, 0) is 39.7 Å². The molecule has 0 spiro atoms. The van der Waals surface area contributed by atoms with Crippen LogP contribution in [0.2, 0.25) is 0 Å². The van der Waals surface area contributed by atoms with E-state index in [0.717, 1.165) is 12.5 Å². The van der Waals surface area contributed by atoms with Gasteiger partial charge in [-0.15, -0.1) is 0 Å². The maximum Gasteiger partial charge on any atom is 0.323 e. The maximum atomic E-state index is 10.9. The Balaban J connectivity index is 2.44. The normalized spacial score (nSPS) is 18.8. The summed E-state index contributed by atoms with van der Waals surface area (Å²) in [6.07, 6.45) is 3.84. The van der Waals surface area contributed by atoms with Crippen molar-refractivity contribution in [1.29, 1.82) is 0 Å². The second kappa shape index (κ2) is 3.66. The van der Waals surface area contributed by atoms with E-state index in [1.165, 1.54) is 19.3 Å². The Morgan fingerprint density at radius 2 is 2.08 bits per heavy atom. The van der Waals surface area contributed by atoms with Crippen molar-refractivity contribution in [3.05, 3.63) is 0 Å². The second-order valence-corrected chi connectivity index (χ2v) is 4.54. The van der Waals surface area contributed by atoms with Crippen molar-refractivity contribution < 1.29 is 9.90 Å². The van der Waals surface area contributed by atoms with Gasteiger partial charge in [-0.1, -0.05) is 6.42 Å². The van der Waals surface area contributed by atoms with Crippen LogP contribution in [0.3, 0.4) is 0 Å². The number of hydrogen-bond donors (Lipinski definition) is 1. The fourth-order valence-corrected chi connectivity index (χ4v) is 1.45. The molecule has 0 unspecified atom stereocenters. The minimum atomic E-state index is -0.741. The molecule has 3 nitrogen and oxygen atoms in total. The molecular weight excluding hydrogens is 166 g/mol. The van der Waals surface area contributed by atoms with Gasteiger partial charge >= 0.3 is 5.97 Å². The quantitative estimate of drug-likeness (QED) is 0.723. The van der Waals surface area contributed by atoms with E-state index in [4.69, 9.17) is 5.11 Å². The van der Waals surface area contributed by atoms with Crippen LogP contribution in [0.1, 0.15) is 33.1 Å².